The standard InChI is InChI=1S/C11H15ClN2O3/c1-6-4-9(8(3)17-6)7(2)13-11(16)14-10(15)5-12/h4,7H,5H2,1-3H3,(H2,13,14,15,16). The first kappa shape index (κ1) is 13.6. The lowest BCUT2D eigenvalue weighted by atomic mass is 10.1. The Morgan fingerprint density at radius 3 is 2.59 bits per heavy atom. The molecule has 94 valence electrons. The van der Waals surface area contributed by atoms with Crippen LogP contribution in [0, 0.1) is 13.8 Å². The fourth-order valence-corrected chi connectivity index (χ4v) is 1.62. The highest BCUT2D eigenvalue weighted by Gasteiger charge is 2.15. The van der Waals surface area contributed by atoms with E-state index in [1.165, 1.54) is 0 Å². The number of aryl methyl sites for hydroxylation is 2. The van der Waals surface area contributed by atoms with E-state index in [0.717, 1.165) is 17.1 Å². The molecule has 3 amide bonds. The first-order valence-corrected chi connectivity index (χ1v) is 5.70. The molecule has 1 aromatic heterocycles. The minimum absolute atomic E-state index is 0.240. The van der Waals surface area contributed by atoms with Gasteiger partial charge in [0.25, 0.3) is 0 Å². The van der Waals surface area contributed by atoms with Crippen LogP contribution in [0.4, 0.5) is 4.79 Å². The van der Waals surface area contributed by atoms with Crippen LogP contribution in [0.25, 0.3) is 0 Å². The Morgan fingerprint density at radius 2 is 2.12 bits per heavy atom. The van der Waals surface area contributed by atoms with Gasteiger partial charge in [0.1, 0.15) is 17.4 Å². The van der Waals surface area contributed by atoms with Gasteiger partial charge in [-0.05, 0) is 26.8 Å². The second kappa shape index (κ2) is 5.72. The van der Waals surface area contributed by atoms with Gasteiger partial charge >= 0.3 is 6.03 Å². The summed E-state index contributed by atoms with van der Waals surface area (Å²) in [5.74, 6) is 0.755. The molecule has 2 N–H and O–H groups in total. The first-order valence-electron chi connectivity index (χ1n) is 5.17. The summed E-state index contributed by atoms with van der Waals surface area (Å²) in [5.41, 5.74) is 0.885. The van der Waals surface area contributed by atoms with Gasteiger partial charge in [-0.2, -0.15) is 0 Å². The maximum atomic E-state index is 11.4. The smallest absolute Gasteiger partial charge is 0.321 e. The molecule has 0 aliphatic rings. The van der Waals surface area contributed by atoms with E-state index in [4.69, 9.17) is 16.0 Å². The number of carbonyl (C=O) groups excluding carboxylic acids is 2. The van der Waals surface area contributed by atoms with Crippen LogP contribution in [-0.4, -0.2) is 17.8 Å². The monoisotopic (exact) mass is 258 g/mol. The normalized spacial score (nSPS) is 12.0. The summed E-state index contributed by atoms with van der Waals surface area (Å²) in [4.78, 5) is 22.3. The van der Waals surface area contributed by atoms with E-state index in [1.807, 2.05) is 26.8 Å². The van der Waals surface area contributed by atoms with Gasteiger partial charge in [0.15, 0.2) is 0 Å². The number of amides is 3. The number of nitrogens with one attached hydrogen (secondary N) is 2. The van der Waals surface area contributed by atoms with Crippen LogP contribution in [-0.2, 0) is 4.79 Å². The van der Waals surface area contributed by atoms with Crippen molar-refractivity contribution in [1.82, 2.24) is 10.6 Å². The van der Waals surface area contributed by atoms with Crippen molar-refractivity contribution in [2.45, 2.75) is 26.8 Å². The van der Waals surface area contributed by atoms with Gasteiger partial charge in [0.05, 0.1) is 6.04 Å². The number of carbonyl (C=O) groups is 2. The van der Waals surface area contributed by atoms with Crippen LogP contribution < -0.4 is 10.6 Å². The molecule has 17 heavy (non-hydrogen) atoms. The molecule has 1 atom stereocenters. The van der Waals surface area contributed by atoms with Crippen molar-refractivity contribution < 1.29 is 14.0 Å². The molecule has 6 heteroatoms. The van der Waals surface area contributed by atoms with E-state index < -0.39 is 11.9 Å². The summed E-state index contributed by atoms with van der Waals surface area (Å²) in [6, 6.07) is 1.04. The van der Waals surface area contributed by atoms with Gasteiger partial charge < -0.3 is 9.73 Å². The quantitative estimate of drug-likeness (QED) is 0.815. The molecule has 0 bridgehead atoms. The second-order valence-corrected chi connectivity index (χ2v) is 4.01. The van der Waals surface area contributed by atoms with Crippen molar-refractivity contribution >= 4 is 23.5 Å². The predicted molar refractivity (Wildman–Crippen MR) is 64.0 cm³/mol. The first-order chi connectivity index (χ1) is 7.93. The fourth-order valence-electron chi connectivity index (χ4n) is 1.55. The number of alkyl halides is 1. The van der Waals surface area contributed by atoms with Gasteiger partial charge in [-0.25, -0.2) is 4.79 Å². The summed E-state index contributed by atoms with van der Waals surface area (Å²) in [6.07, 6.45) is 0. The highest BCUT2D eigenvalue weighted by molar-refractivity contribution is 6.28. The van der Waals surface area contributed by atoms with Gasteiger partial charge in [-0.1, -0.05) is 0 Å². The lowest BCUT2D eigenvalue weighted by Crippen LogP contribution is -2.41. The lowest BCUT2D eigenvalue weighted by molar-refractivity contribution is -0.117. The van der Waals surface area contributed by atoms with Gasteiger partial charge in [0.2, 0.25) is 5.91 Å². The number of hydrogen-bond acceptors (Lipinski definition) is 3. The van der Waals surface area contributed by atoms with E-state index in [9.17, 15) is 9.59 Å². The van der Waals surface area contributed by atoms with Crippen LogP contribution in [0.15, 0.2) is 10.5 Å². The van der Waals surface area contributed by atoms with Crippen molar-refractivity contribution in [3.63, 3.8) is 0 Å². The van der Waals surface area contributed by atoms with E-state index >= 15 is 0 Å². The van der Waals surface area contributed by atoms with E-state index in [0.29, 0.717) is 0 Å². The average Bonchev–Trinajstić information content (AvgIpc) is 2.57. The van der Waals surface area contributed by atoms with E-state index in [2.05, 4.69) is 10.6 Å². The predicted octanol–water partition coefficient (Wildman–Crippen LogP) is 2.02. The molecule has 1 rings (SSSR count). The summed E-state index contributed by atoms with van der Waals surface area (Å²) in [6.45, 7) is 5.46. The zero-order chi connectivity index (χ0) is 13.0. The molecule has 5 nitrogen and oxygen atoms in total. The Labute approximate surface area is 105 Å². The third-order valence-electron chi connectivity index (χ3n) is 2.27. The van der Waals surface area contributed by atoms with Crippen LogP contribution in [0.5, 0.6) is 0 Å². The summed E-state index contributed by atoms with van der Waals surface area (Å²) >= 11 is 5.27. The molecular weight excluding hydrogens is 244 g/mol. The minimum atomic E-state index is -0.568. The van der Waals surface area contributed by atoms with Crippen molar-refractivity contribution in [3.8, 4) is 0 Å². The third kappa shape index (κ3) is 3.78. The fraction of sp³-hybridized carbons (Fsp3) is 0.455. The summed E-state index contributed by atoms with van der Waals surface area (Å²) in [5, 5.41) is 4.73. The molecule has 0 radical (unpaired) electrons. The largest absolute Gasteiger partial charge is 0.466 e. The van der Waals surface area contributed by atoms with Gasteiger partial charge in [-0.3, -0.25) is 10.1 Å². The van der Waals surface area contributed by atoms with Crippen LogP contribution in [0.3, 0.4) is 0 Å². The molecule has 0 aliphatic carbocycles. The Hall–Kier alpha value is -1.49. The number of rotatable bonds is 3. The van der Waals surface area contributed by atoms with Crippen molar-refractivity contribution in [1.29, 1.82) is 0 Å². The molecule has 1 heterocycles. The maximum absolute atomic E-state index is 11.4. The van der Waals surface area contributed by atoms with E-state index in [1.54, 1.807) is 0 Å². The Kier molecular flexibility index (Phi) is 4.57. The molecule has 0 spiro atoms. The average molecular weight is 259 g/mol. The number of imide groups is 1. The van der Waals surface area contributed by atoms with Crippen LogP contribution >= 0.6 is 11.6 Å². The third-order valence-corrected chi connectivity index (χ3v) is 2.51. The van der Waals surface area contributed by atoms with Crippen molar-refractivity contribution in [3.05, 3.63) is 23.2 Å². The molecular formula is C11H15ClN2O3. The zero-order valence-corrected chi connectivity index (χ0v) is 10.7. The van der Waals surface area contributed by atoms with Crippen LogP contribution in [0.1, 0.15) is 30.0 Å². The topological polar surface area (TPSA) is 71.3 Å². The highest BCUT2D eigenvalue weighted by atomic mass is 35.5. The van der Waals surface area contributed by atoms with Gasteiger partial charge in [0, 0.05) is 5.56 Å². The Balaban J connectivity index is 2.60. The van der Waals surface area contributed by atoms with Crippen molar-refractivity contribution in [2.24, 2.45) is 0 Å². The SMILES string of the molecule is Cc1cc(C(C)NC(=O)NC(=O)CCl)c(C)o1. The number of furan rings is 1. The molecule has 0 saturated heterocycles. The van der Waals surface area contributed by atoms with Crippen LogP contribution in [0.2, 0.25) is 0 Å². The Bertz CT molecular complexity index is 428. The number of halogens is 1. The molecule has 1 aromatic rings. The Morgan fingerprint density at radius 1 is 1.47 bits per heavy atom. The lowest BCUT2D eigenvalue weighted by Gasteiger charge is -2.13. The van der Waals surface area contributed by atoms with E-state index in [-0.39, 0.29) is 11.9 Å². The molecule has 0 saturated carbocycles. The summed E-state index contributed by atoms with van der Waals surface area (Å²) < 4.78 is 5.36. The molecule has 0 aliphatic heterocycles. The minimum Gasteiger partial charge on any atom is -0.466 e. The highest BCUT2D eigenvalue weighted by Crippen LogP contribution is 2.20. The van der Waals surface area contributed by atoms with Gasteiger partial charge in [-0.15, -0.1) is 11.6 Å². The molecule has 0 fully saturated rings. The number of urea groups is 1. The maximum Gasteiger partial charge on any atom is 0.321 e. The summed E-state index contributed by atoms with van der Waals surface area (Å²) in [7, 11) is 0. The van der Waals surface area contributed by atoms with Crippen molar-refractivity contribution in [2.75, 3.05) is 5.88 Å². The molecule has 0 aromatic carbocycles. The zero-order valence-electron chi connectivity index (χ0n) is 9.96. The molecule has 1 unspecified atom stereocenters. The number of hydrogen-bond donors (Lipinski definition) is 2. The second-order valence-electron chi connectivity index (χ2n) is 3.75.